The summed E-state index contributed by atoms with van der Waals surface area (Å²) in [4.78, 5) is 24.5. The van der Waals surface area contributed by atoms with Gasteiger partial charge in [0.25, 0.3) is 0 Å². The van der Waals surface area contributed by atoms with Crippen LogP contribution in [0.2, 0.25) is 0 Å². The molecule has 6 nitrogen and oxygen atoms in total. The molecule has 30 heavy (non-hydrogen) atoms. The second-order valence-corrected chi connectivity index (χ2v) is 10.9. The lowest BCUT2D eigenvalue weighted by atomic mass is 9.90. The Morgan fingerprint density at radius 1 is 1.17 bits per heavy atom. The van der Waals surface area contributed by atoms with Gasteiger partial charge in [0.15, 0.2) is 5.13 Å². The summed E-state index contributed by atoms with van der Waals surface area (Å²) in [5.74, 6) is 0.487. The number of carbonyl (C=O) groups excluding carboxylic acids is 1. The summed E-state index contributed by atoms with van der Waals surface area (Å²) in [6.07, 6.45) is 1.86. The molecule has 0 radical (unpaired) electrons. The van der Waals surface area contributed by atoms with E-state index < -0.39 is 5.60 Å². The molecule has 0 unspecified atom stereocenters. The highest BCUT2D eigenvalue weighted by Gasteiger charge is 2.34. The fourth-order valence-corrected chi connectivity index (χ4v) is 5.29. The highest BCUT2D eigenvalue weighted by Crippen LogP contribution is 2.37. The Balaban J connectivity index is 1.58. The van der Waals surface area contributed by atoms with Crippen molar-refractivity contribution >= 4 is 32.8 Å². The number of anilines is 1. The Morgan fingerprint density at radius 3 is 2.60 bits per heavy atom. The van der Waals surface area contributed by atoms with Crippen molar-refractivity contribution in [2.45, 2.75) is 52.2 Å². The predicted molar refractivity (Wildman–Crippen MR) is 123 cm³/mol. The van der Waals surface area contributed by atoms with Crippen LogP contribution in [0.25, 0.3) is 10.2 Å². The first kappa shape index (κ1) is 21.4. The van der Waals surface area contributed by atoms with Gasteiger partial charge in [0.05, 0.1) is 16.3 Å². The number of piperidine rings is 1. The third-order valence-corrected chi connectivity index (χ3v) is 7.10. The van der Waals surface area contributed by atoms with Crippen molar-refractivity contribution in [3.63, 3.8) is 0 Å². The summed E-state index contributed by atoms with van der Waals surface area (Å²) in [5.41, 5.74) is 1.71. The topological polar surface area (TPSA) is 48.9 Å². The van der Waals surface area contributed by atoms with Gasteiger partial charge in [-0.1, -0.05) is 24.3 Å². The molecule has 0 bridgehead atoms. The van der Waals surface area contributed by atoms with Crippen LogP contribution >= 0.6 is 11.3 Å². The van der Waals surface area contributed by atoms with Gasteiger partial charge >= 0.3 is 6.09 Å². The summed E-state index contributed by atoms with van der Waals surface area (Å²) < 4.78 is 6.93. The number of hydrogen-bond acceptors (Lipinski definition) is 6. The molecule has 0 saturated carbocycles. The van der Waals surface area contributed by atoms with E-state index in [4.69, 9.17) is 9.72 Å². The number of fused-ring (bicyclic) bond motifs is 1. The quantitative estimate of drug-likeness (QED) is 0.688. The molecular formula is C23H34N4O2S. The third kappa shape index (κ3) is 4.72. The van der Waals surface area contributed by atoms with Crippen molar-refractivity contribution in [2.24, 2.45) is 5.92 Å². The van der Waals surface area contributed by atoms with E-state index in [-0.39, 0.29) is 12.1 Å². The molecule has 7 heteroatoms. The lowest BCUT2D eigenvalue weighted by Crippen LogP contribution is -2.44. The normalized spacial score (nSPS) is 23.8. The molecule has 0 aliphatic carbocycles. The molecular weight excluding hydrogens is 396 g/mol. The molecule has 2 aliphatic heterocycles. The molecule has 2 aromatic rings. The van der Waals surface area contributed by atoms with Crippen molar-refractivity contribution in [1.82, 2.24) is 14.8 Å². The van der Waals surface area contributed by atoms with Crippen molar-refractivity contribution in [1.29, 1.82) is 0 Å². The zero-order valence-corrected chi connectivity index (χ0v) is 19.7. The zero-order valence-electron chi connectivity index (χ0n) is 18.9. The third-order valence-electron chi connectivity index (χ3n) is 6.00. The minimum Gasteiger partial charge on any atom is -0.444 e. The number of likely N-dealkylation sites (tertiary alicyclic amines) is 1. The maximum absolute atomic E-state index is 12.9. The maximum atomic E-state index is 12.9. The number of thiazole rings is 1. The Kier molecular flexibility index (Phi) is 5.95. The Morgan fingerprint density at radius 2 is 1.90 bits per heavy atom. The van der Waals surface area contributed by atoms with Crippen molar-refractivity contribution in [3.8, 4) is 0 Å². The molecule has 2 fully saturated rings. The van der Waals surface area contributed by atoms with Gasteiger partial charge in [-0.2, -0.15) is 0 Å². The summed E-state index contributed by atoms with van der Waals surface area (Å²) in [6.45, 7) is 12.9. The van der Waals surface area contributed by atoms with Crippen LogP contribution in [-0.4, -0.2) is 66.2 Å². The van der Waals surface area contributed by atoms with Gasteiger partial charge in [-0.15, -0.1) is 0 Å². The van der Waals surface area contributed by atoms with E-state index in [0.29, 0.717) is 5.92 Å². The van der Waals surface area contributed by atoms with Crippen LogP contribution in [-0.2, 0) is 4.74 Å². The average Bonchev–Trinajstić information content (AvgIpc) is 3.10. The summed E-state index contributed by atoms with van der Waals surface area (Å²) in [6, 6.07) is 6.58. The number of benzene rings is 1. The van der Waals surface area contributed by atoms with Crippen LogP contribution in [0.1, 0.15) is 52.1 Å². The standard InChI is InChI=1S/C23H34N4O2S/c1-16-6-8-19(27(15-16)22(28)29-23(2,3)4)17-7-9-20-18(14-17)24-21(30-20)26-12-10-25(5)11-13-26/h7,9,14,16,19H,6,8,10-13,15H2,1-5H3/t16-,19+/m0/s1. The smallest absolute Gasteiger partial charge is 0.410 e. The minimum absolute atomic E-state index is 0.0502. The average molecular weight is 431 g/mol. The van der Waals surface area contributed by atoms with Crippen molar-refractivity contribution < 1.29 is 9.53 Å². The first-order valence-corrected chi connectivity index (χ1v) is 11.8. The van der Waals surface area contributed by atoms with Gasteiger partial charge in [0, 0.05) is 32.7 Å². The number of carbonyl (C=O) groups is 1. The molecule has 2 aliphatic rings. The molecule has 3 heterocycles. The number of hydrogen-bond donors (Lipinski definition) is 0. The second-order valence-electron chi connectivity index (χ2n) is 9.84. The number of likely N-dealkylation sites (N-methyl/N-ethyl adjacent to an activating group) is 1. The van der Waals surface area contributed by atoms with Gasteiger partial charge < -0.3 is 19.4 Å². The highest BCUT2D eigenvalue weighted by atomic mass is 32.1. The van der Waals surface area contributed by atoms with Crippen molar-refractivity contribution in [2.75, 3.05) is 44.7 Å². The molecule has 164 valence electrons. The summed E-state index contributed by atoms with van der Waals surface area (Å²) in [5, 5.41) is 1.11. The lowest BCUT2D eigenvalue weighted by Gasteiger charge is -2.39. The van der Waals surface area contributed by atoms with E-state index in [0.717, 1.165) is 61.8 Å². The second kappa shape index (κ2) is 8.35. The van der Waals surface area contributed by atoms with Crippen LogP contribution in [0.3, 0.4) is 0 Å². The maximum Gasteiger partial charge on any atom is 0.410 e. The summed E-state index contributed by atoms with van der Waals surface area (Å²) >= 11 is 1.77. The van der Waals surface area contributed by atoms with Gasteiger partial charge in [-0.05, 0) is 64.3 Å². The Bertz CT molecular complexity index is 898. The molecule has 0 N–H and O–H groups in total. The number of aromatic nitrogens is 1. The van der Waals surface area contributed by atoms with E-state index in [2.05, 4.69) is 42.0 Å². The fourth-order valence-electron chi connectivity index (χ4n) is 4.29. The Hall–Kier alpha value is -1.86. The van der Waals surface area contributed by atoms with E-state index in [1.807, 2.05) is 25.7 Å². The molecule has 1 aromatic heterocycles. The van der Waals surface area contributed by atoms with Crippen molar-refractivity contribution in [3.05, 3.63) is 23.8 Å². The van der Waals surface area contributed by atoms with Gasteiger partial charge in [-0.3, -0.25) is 0 Å². The van der Waals surface area contributed by atoms with Crippen LogP contribution in [0.5, 0.6) is 0 Å². The predicted octanol–water partition coefficient (Wildman–Crippen LogP) is 4.76. The number of rotatable bonds is 2. The fraction of sp³-hybridized carbons (Fsp3) is 0.652. The van der Waals surface area contributed by atoms with Crippen LogP contribution in [0, 0.1) is 5.92 Å². The van der Waals surface area contributed by atoms with E-state index in [1.54, 1.807) is 11.3 Å². The van der Waals surface area contributed by atoms with Crippen LogP contribution in [0.4, 0.5) is 9.93 Å². The number of ether oxygens (including phenoxy) is 1. The first-order chi connectivity index (χ1) is 14.2. The van der Waals surface area contributed by atoms with Gasteiger partial charge in [-0.25, -0.2) is 9.78 Å². The molecule has 0 spiro atoms. The summed E-state index contributed by atoms with van der Waals surface area (Å²) in [7, 11) is 2.17. The molecule has 1 aromatic carbocycles. The monoisotopic (exact) mass is 430 g/mol. The van der Waals surface area contributed by atoms with E-state index in [9.17, 15) is 4.79 Å². The SMILES string of the molecule is C[C@H]1CC[C@H](c2ccc3sc(N4CCN(C)CC4)nc3c2)N(C(=O)OC(C)(C)C)C1. The van der Waals surface area contributed by atoms with E-state index in [1.165, 1.54) is 4.70 Å². The molecule has 4 rings (SSSR count). The largest absolute Gasteiger partial charge is 0.444 e. The van der Waals surface area contributed by atoms with Gasteiger partial charge in [0.1, 0.15) is 5.60 Å². The van der Waals surface area contributed by atoms with Gasteiger partial charge in [0.2, 0.25) is 0 Å². The Labute approximate surface area is 183 Å². The minimum atomic E-state index is -0.488. The number of amides is 1. The lowest BCUT2D eigenvalue weighted by molar-refractivity contribution is 0.00365. The molecule has 1 amide bonds. The van der Waals surface area contributed by atoms with Crippen LogP contribution < -0.4 is 4.90 Å². The molecule has 2 saturated heterocycles. The molecule has 2 atom stereocenters. The first-order valence-electron chi connectivity index (χ1n) is 11.0. The zero-order chi connectivity index (χ0) is 21.5. The number of piperazine rings is 1. The number of nitrogens with zero attached hydrogens (tertiary/aromatic N) is 4. The van der Waals surface area contributed by atoms with E-state index >= 15 is 0 Å². The highest BCUT2D eigenvalue weighted by molar-refractivity contribution is 7.22. The van der Waals surface area contributed by atoms with Crippen LogP contribution in [0.15, 0.2) is 18.2 Å².